The smallest absolute Gasteiger partial charge is 0.418 e. The van der Waals surface area contributed by atoms with Gasteiger partial charge in [-0.3, -0.25) is 9.59 Å². The van der Waals surface area contributed by atoms with Crippen LogP contribution in [-0.4, -0.2) is 28.2 Å². The van der Waals surface area contributed by atoms with Crippen LogP contribution in [-0.2, 0) is 23.8 Å². The molecule has 3 aromatic rings. The summed E-state index contributed by atoms with van der Waals surface area (Å²) < 4.78 is 48.2. The first kappa shape index (κ1) is 25.9. The first-order valence-corrected chi connectivity index (χ1v) is 11.2. The van der Waals surface area contributed by atoms with E-state index in [1.165, 1.54) is 0 Å². The molecule has 0 saturated carbocycles. The summed E-state index contributed by atoms with van der Waals surface area (Å²) in [6.07, 6.45) is -3.99. The number of aliphatic carboxylic acids is 1. The third-order valence-corrected chi connectivity index (χ3v) is 5.63. The molecular weight excluding hydrogens is 461 g/mol. The number of carbonyl (C=O) groups is 2. The fourth-order valence-electron chi connectivity index (χ4n) is 3.79. The molecule has 1 aromatic heterocycles. The number of para-hydroxylation sites is 1. The van der Waals surface area contributed by atoms with Crippen molar-refractivity contribution in [1.29, 1.82) is 0 Å². The molecule has 1 amide bonds. The summed E-state index contributed by atoms with van der Waals surface area (Å²) in [5.74, 6) is -1.18. The number of nitrogens with zero attached hydrogens (tertiary/aromatic N) is 1. The Bertz CT molecular complexity index is 1170. The summed E-state index contributed by atoms with van der Waals surface area (Å²) in [4.78, 5) is 24.1. The molecule has 1 heterocycles. The van der Waals surface area contributed by atoms with Gasteiger partial charge in [-0.05, 0) is 55.3 Å². The fraction of sp³-hybridized carbons (Fsp3) is 0.308. The Morgan fingerprint density at radius 3 is 2.43 bits per heavy atom. The van der Waals surface area contributed by atoms with E-state index in [1.54, 1.807) is 16.7 Å². The molecule has 0 aliphatic heterocycles. The second kappa shape index (κ2) is 11.1. The Balaban J connectivity index is 1.86. The summed E-state index contributed by atoms with van der Waals surface area (Å²) in [7, 11) is 0. The lowest BCUT2D eigenvalue weighted by atomic mass is 10.1. The van der Waals surface area contributed by atoms with Crippen LogP contribution >= 0.6 is 0 Å². The van der Waals surface area contributed by atoms with Crippen LogP contribution < -0.4 is 10.1 Å². The van der Waals surface area contributed by atoms with Crippen LogP contribution in [0.4, 0.5) is 18.9 Å². The minimum atomic E-state index is -4.72. The van der Waals surface area contributed by atoms with Crippen LogP contribution in [0, 0.1) is 0 Å². The Kier molecular flexibility index (Phi) is 8.22. The molecule has 0 spiro atoms. The molecule has 0 bridgehead atoms. The number of aromatic nitrogens is 1. The van der Waals surface area contributed by atoms with Crippen LogP contribution in [0.25, 0.3) is 0 Å². The standard InChI is InChI=1S/C26H27F3N2O4/c1-3-17(2)31-19(13-14-35-20-7-5-4-6-8-20)10-12-23(31)25(34)30-22-15-18(16-24(32)33)9-11-21(22)26(27,28)29/h4-12,15,17H,3,13-14,16H2,1-2H3,(H,30,34)(H,32,33)/t17-/m0/s1. The van der Waals surface area contributed by atoms with E-state index in [2.05, 4.69) is 5.32 Å². The molecule has 3 rings (SSSR count). The highest BCUT2D eigenvalue weighted by Crippen LogP contribution is 2.36. The van der Waals surface area contributed by atoms with Crippen LogP contribution in [0.2, 0.25) is 0 Å². The van der Waals surface area contributed by atoms with Crippen molar-refractivity contribution >= 4 is 17.6 Å². The summed E-state index contributed by atoms with van der Waals surface area (Å²) >= 11 is 0. The maximum Gasteiger partial charge on any atom is 0.418 e. The predicted molar refractivity (Wildman–Crippen MR) is 126 cm³/mol. The van der Waals surface area contributed by atoms with Gasteiger partial charge in [0.1, 0.15) is 11.4 Å². The van der Waals surface area contributed by atoms with Gasteiger partial charge in [0.05, 0.1) is 24.3 Å². The molecule has 9 heteroatoms. The maximum absolute atomic E-state index is 13.6. The minimum absolute atomic E-state index is 0.0853. The number of hydrogen-bond donors (Lipinski definition) is 2. The van der Waals surface area contributed by atoms with Crippen LogP contribution in [0.1, 0.15) is 53.6 Å². The van der Waals surface area contributed by atoms with Crippen LogP contribution in [0.5, 0.6) is 5.75 Å². The molecule has 0 fully saturated rings. The van der Waals surface area contributed by atoms with Gasteiger partial charge in [-0.2, -0.15) is 13.2 Å². The summed E-state index contributed by atoms with van der Waals surface area (Å²) in [6.45, 7) is 4.24. The third-order valence-electron chi connectivity index (χ3n) is 5.63. The van der Waals surface area contributed by atoms with E-state index in [9.17, 15) is 22.8 Å². The molecule has 0 radical (unpaired) electrons. The average molecular weight is 489 g/mol. The number of amides is 1. The largest absolute Gasteiger partial charge is 0.493 e. The van der Waals surface area contributed by atoms with Gasteiger partial charge in [0.2, 0.25) is 0 Å². The van der Waals surface area contributed by atoms with Crippen molar-refractivity contribution in [3.8, 4) is 5.75 Å². The molecule has 0 saturated heterocycles. The first-order valence-electron chi connectivity index (χ1n) is 11.2. The number of alkyl halides is 3. The first-order chi connectivity index (χ1) is 16.6. The predicted octanol–water partition coefficient (Wildman–Crippen LogP) is 5.98. The Hall–Kier alpha value is -3.75. The topological polar surface area (TPSA) is 80.6 Å². The molecular formula is C26H27F3N2O4. The van der Waals surface area contributed by atoms with E-state index < -0.39 is 35.7 Å². The molecule has 2 N–H and O–H groups in total. The van der Waals surface area contributed by atoms with Gasteiger partial charge in [0.25, 0.3) is 5.91 Å². The number of anilines is 1. The number of nitrogens with one attached hydrogen (secondary N) is 1. The number of carboxylic acids is 1. The molecule has 6 nitrogen and oxygen atoms in total. The number of carbonyl (C=O) groups excluding carboxylic acids is 1. The zero-order chi connectivity index (χ0) is 25.6. The number of rotatable bonds is 10. The molecule has 0 aliphatic rings. The molecule has 0 aliphatic carbocycles. The van der Waals surface area contributed by atoms with E-state index in [4.69, 9.17) is 9.84 Å². The second-order valence-corrected chi connectivity index (χ2v) is 8.15. The van der Waals surface area contributed by atoms with Crippen LogP contribution in [0.3, 0.4) is 0 Å². The van der Waals surface area contributed by atoms with E-state index in [1.807, 2.05) is 44.2 Å². The lowest BCUT2D eigenvalue weighted by molar-refractivity contribution is -0.137. The van der Waals surface area contributed by atoms with Crippen LogP contribution in [0.15, 0.2) is 60.7 Å². The SMILES string of the molecule is CC[C@H](C)n1c(CCOc2ccccc2)ccc1C(=O)Nc1cc(CC(=O)O)ccc1C(F)(F)F. The number of benzene rings is 2. The van der Waals surface area contributed by atoms with Gasteiger partial charge < -0.3 is 19.7 Å². The molecule has 0 unspecified atom stereocenters. The zero-order valence-electron chi connectivity index (χ0n) is 19.4. The number of hydrogen-bond acceptors (Lipinski definition) is 3. The van der Waals surface area contributed by atoms with E-state index in [0.29, 0.717) is 25.2 Å². The maximum atomic E-state index is 13.6. The molecule has 2 aromatic carbocycles. The van der Waals surface area contributed by atoms with Gasteiger partial charge in [-0.15, -0.1) is 0 Å². The quantitative estimate of drug-likeness (QED) is 0.368. The van der Waals surface area contributed by atoms with Gasteiger partial charge in [0, 0.05) is 18.2 Å². The lowest BCUT2D eigenvalue weighted by Gasteiger charge is -2.20. The molecule has 1 atom stereocenters. The normalized spacial score (nSPS) is 12.3. The Morgan fingerprint density at radius 1 is 1.09 bits per heavy atom. The number of carboxylic acid groups (broad SMARTS) is 1. The van der Waals surface area contributed by atoms with Crippen molar-refractivity contribution in [1.82, 2.24) is 4.57 Å². The Morgan fingerprint density at radius 2 is 1.80 bits per heavy atom. The van der Waals surface area contributed by atoms with Gasteiger partial charge in [0.15, 0.2) is 0 Å². The van der Waals surface area contributed by atoms with Crippen molar-refractivity contribution < 1.29 is 32.6 Å². The van der Waals surface area contributed by atoms with E-state index >= 15 is 0 Å². The van der Waals surface area contributed by atoms with Gasteiger partial charge in [-0.1, -0.05) is 31.2 Å². The molecule has 35 heavy (non-hydrogen) atoms. The van der Waals surface area contributed by atoms with E-state index in [0.717, 1.165) is 23.9 Å². The van der Waals surface area contributed by atoms with E-state index in [-0.39, 0.29) is 17.3 Å². The van der Waals surface area contributed by atoms with Gasteiger partial charge in [-0.25, -0.2) is 0 Å². The monoisotopic (exact) mass is 488 g/mol. The third kappa shape index (κ3) is 6.65. The highest BCUT2D eigenvalue weighted by molar-refractivity contribution is 6.04. The highest BCUT2D eigenvalue weighted by atomic mass is 19.4. The van der Waals surface area contributed by atoms with Crippen molar-refractivity contribution in [2.45, 2.75) is 45.3 Å². The Labute approximate surface area is 201 Å². The summed E-state index contributed by atoms with van der Waals surface area (Å²) in [5.41, 5.74) is -0.344. The average Bonchev–Trinajstić information content (AvgIpc) is 3.22. The highest BCUT2D eigenvalue weighted by Gasteiger charge is 2.34. The van der Waals surface area contributed by atoms with Gasteiger partial charge >= 0.3 is 12.1 Å². The molecule has 186 valence electrons. The van der Waals surface area contributed by atoms with Crippen molar-refractivity contribution in [2.75, 3.05) is 11.9 Å². The summed E-state index contributed by atoms with van der Waals surface area (Å²) in [5, 5.41) is 11.4. The summed E-state index contributed by atoms with van der Waals surface area (Å²) in [6, 6.07) is 15.5. The van der Waals surface area contributed by atoms with Crippen molar-refractivity contribution in [3.05, 3.63) is 83.2 Å². The number of halogens is 3. The minimum Gasteiger partial charge on any atom is -0.493 e. The fourth-order valence-corrected chi connectivity index (χ4v) is 3.79. The lowest BCUT2D eigenvalue weighted by Crippen LogP contribution is -2.22. The van der Waals surface area contributed by atoms with Crippen molar-refractivity contribution in [3.63, 3.8) is 0 Å². The van der Waals surface area contributed by atoms with Crippen molar-refractivity contribution in [2.24, 2.45) is 0 Å². The number of ether oxygens (including phenoxy) is 1. The zero-order valence-corrected chi connectivity index (χ0v) is 19.4. The second-order valence-electron chi connectivity index (χ2n) is 8.15.